The average Bonchev–Trinajstić information content (AvgIpc) is 2.58. The highest BCUT2D eigenvalue weighted by Gasteiger charge is 2.24. The molecule has 0 radical (unpaired) electrons. The molecule has 1 fully saturated rings. The minimum absolute atomic E-state index is 0.0246. The molecule has 3 heteroatoms. The number of carbonyl (C=O) groups excluding carboxylic acids is 1. The molecule has 2 aromatic carbocycles. The van der Waals surface area contributed by atoms with Gasteiger partial charge in [-0.15, -0.1) is 0 Å². The summed E-state index contributed by atoms with van der Waals surface area (Å²) in [6, 6.07) is 17.0. The Morgan fingerprint density at radius 2 is 1.64 bits per heavy atom. The van der Waals surface area contributed by atoms with E-state index in [0.717, 1.165) is 25.9 Å². The largest absolute Gasteiger partial charge is 0.342 e. The molecule has 114 valence electrons. The van der Waals surface area contributed by atoms with Gasteiger partial charge in [0.25, 0.3) is 0 Å². The fourth-order valence-corrected chi connectivity index (χ4v) is 3.10. The predicted molar refractivity (Wildman–Crippen MR) is 85.1 cm³/mol. The molecule has 0 saturated carbocycles. The van der Waals surface area contributed by atoms with Crippen molar-refractivity contribution in [3.63, 3.8) is 0 Å². The second-order valence-corrected chi connectivity index (χ2v) is 5.83. The third-order valence-electron chi connectivity index (χ3n) is 4.42. The lowest BCUT2D eigenvalue weighted by atomic mass is 9.89. The van der Waals surface area contributed by atoms with Crippen molar-refractivity contribution in [1.29, 1.82) is 0 Å². The Bertz CT molecular complexity index is 633. The second kappa shape index (κ2) is 6.73. The van der Waals surface area contributed by atoms with Crippen molar-refractivity contribution < 1.29 is 9.18 Å². The van der Waals surface area contributed by atoms with Crippen molar-refractivity contribution in [1.82, 2.24) is 4.90 Å². The van der Waals surface area contributed by atoms with E-state index in [-0.39, 0.29) is 18.1 Å². The lowest BCUT2D eigenvalue weighted by molar-refractivity contribution is -0.131. The zero-order valence-electron chi connectivity index (χ0n) is 12.5. The molecular weight excluding hydrogens is 277 g/mol. The fraction of sp³-hybridized carbons (Fsp3) is 0.316. The number of nitrogens with zero attached hydrogens (tertiary/aromatic N) is 1. The number of likely N-dealkylation sites (tertiary alicyclic amines) is 1. The Labute approximate surface area is 130 Å². The molecule has 1 aliphatic heterocycles. The zero-order valence-corrected chi connectivity index (χ0v) is 12.5. The summed E-state index contributed by atoms with van der Waals surface area (Å²) >= 11 is 0. The molecule has 22 heavy (non-hydrogen) atoms. The number of rotatable bonds is 3. The fourth-order valence-electron chi connectivity index (χ4n) is 3.10. The third kappa shape index (κ3) is 3.35. The van der Waals surface area contributed by atoms with Gasteiger partial charge in [-0.1, -0.05) is 48.5 Å². The second-order valence-electron chi connectivity index (χ2n) is 5.83. The molecule has 2 nitrogen and oxygen atoms in total. The molecule has 1 aliphatic rings. The topological polar surface area (TPSA) is 20.3 Å². The first kappa shape index (κ1) is 14.8. The van der Waals surface area contributed by atoms with Crippen LogP contribution in [0.3, 0.4) is 0 Å². The van der Waals surface area contributed by atoms with Gasteiger partial charge in [0, 0.05) is 13.1 Å². The number of hydrogen-bond acceptors (Lipinski definition) is 1. The zero-order chi connectivity index (χ0) is 15.4. The minimum Gasteiger partial charge on any atom is -0.342 e. The summed E-state index contributed by atoms with van der Waals surface area (Å²) in [5, 5.41) is 0. The summed E-state index contributed by atoms with van der Waals surface area (Å²) < 4.78 is 13.6. The van der Waals surface area contributed by atoms with E-state index in [0.29, 0.717) is 11.5 Å². The third-order valence-corrected chi connectivity index (χ3v) is 4.42. The molecule has 0 aromatic heterocycles. The van der Waals surface area contributed by atoms with E-state index in [4.69, 9.17) is 0 Å². The van der Waals surface area contributed by atoms with E-state index in [1.807, 2.05) is 11.0 Å². The molecule has 3 rings (SSSR count). The lowest BCUT2D eigenvalue weighted by Gasteiger charge is -2.32. The van der Waals surface area contributed by atoms with Crippen molar-refractivity contribution in [2.24, 2.45) is 0 Å². The number of halogens is 1. The van der Waals surface area contributed by atoms with Crippen LogP contribution < -0.4 is 0 Å². The molecule has 1 amide bonds. The summed E-state index contributed by atoms with van der Waals surface area (Å²) in [4.78, 5) is 14.2. The van der Waals surface area contributed by atoms with E-state index in [9.17, 15) is 9.18 Å². The van der Waals surface area contributed by atoms with Gasteiger partial charge < -0.3 is 4.90 Å². The van der Waals surface area contributed by atoms with Crippen LogP contribution in [0.4, 0.5) is 4.39 Å². The molecule has 0 unspecified atom stereocenters. The highest BCUT2D eigenvalue weighted by molar-refractivity contribution is 5.79. The van der Waals surface area contributed by atoms with Gasteiger partial charge in [-0.3, -0.25) is 4.79 Å². The lowest BCUT2D eigenvalue weighted by Crippen LogP contribution is -2.38. The van der Waals surface area contributed by atoms with Gasteiger partial charge in [-0.2, -0.15) is 0 Å². The summed E-state index contributed by atoms with van der Waals surface area (Å²) in [5.41, 5.74) is 1.83. The quantitative estimate of drug-likeness (QED) is 0.844. The first-order chi connectivity index (χ1) is 10.7. The Kier molecular flexibility index (Phi) is 4.52. The standard InChI is InChI=1S/C19H20FNO/c20-18-9-5-4-8-17(18)14-19(22)21-12-10-16(11-13-21)15-6-2-1-3-7-15/h1-9,16H,10-14H2. The first-order valence-corrected chi connectivity index (χ1v) is 7.80. The van der Waals surface area contributed by atoms with Gasteiger partial charge in [0.1, 0.15) is 5.82 Å². The number of benzene rings is 2. The Morgan fingerprint density at radius 1 is 1.00 bits per heavy atom. The van der Waals surface area contributed by atoms with Crippen molar-refractivity contribution in [2.45, 2.75) is 25.2 Å². The van der Waals surface area contributed by atoms with Gasteiger partial charge >= 0.3 is 0 Å². The van der Waals surface area contributed by atoms with Crippen LogP contribution >= 0.6 is 0 Å². The van der Waals surface area contributed by atoms with Crippen LogP contribution in [0.25, 0.3) is 0 Å². The van der Waals surface area contributed by atoms with E-state index < -0.39 is 0 Å². The highest BCUT2D eigenvalue weighted by atomic mass is 19.1. The number of hydrogen-bond donors (Lipinski definition) is 0. The Balaban J connectivity index is 1.57. The molecule has 0 aliphatic carbocycles. The Hall–Kier alpha value is -2.16. The van der Waals surface area contributed by atoms with Crippen molar-refractivity contribution in [3.8, 4) is 0 Å². The molecule has 0 spiro atoms. The smallest absolute Gasteiger partial charge is 0.227 e. The maximum Gasteiger partial charge on any atom is 0.227 e. The monoisotopic (exact) mass is 297 g/mol. The van der Waals surface area contributed by atoms with Gasteiger partial charge in [0.05, 0.1) is 6.42 Å². The van der Waals surface area contributed by atoms with Crippen molar-refractivity contribution in [3.05, 3.63) is 71.5 Å². The summed E-state index contributed by atoms with van der Waals surface area (Å²) in [6.45, 7) is 1.51. The molecular formula is C19H20FNO. The molecule has 0 atom stereocenters. The summed E-state index contributed by atoms with van der Waals surface area (Å²) in [5.74, 6) is 0.255. The van der Waals surface area contributed by atoms with Crippen LogP contribution in [-0.2, 0) is 11.2 Å². The minimum atomic E-state index is -0.296. The molecule has 1 saturated heterocycles. The number of amides is 1. The number of piperidine rings is 1. The maximum absolute atomic E-state index is 13.6. The maximum atomic E-state index is 13.6. The number of carbonyl (C=O) groups is 1. The van der Waals surface area contributed by atoms with Crippen LogP contribution in [0, 0.1) is 5.82 Å². The SMILES string of the molecule is O=C(Cc1ccccc1F)N1CCC(c2ccccc2)CC1. The molecule has 0 bridgehead atoms. The predicted octanol–water partition coefficient (Wildman–Crippen LogP) is 3.77. The van der Waals surface area contributed by atoms with E-state index in [2.05, 4.69) is 24.3 Å². The van der Waals surface area contributed by atoms with Crippen LogP contribution in [0.1, 0.15) is 29.9 Å². The first-order valence-electron chi connectivity index (χ1n) is 7.80. The van der Waals surface area contributed by atoms with Crippen LogP contribution in [-0.4, -0.2) is 23.9 Å². The highest BCUT2D eigenvalue weighted by Crippen LogP contribution is 2.28. The van der Waals surface area contributed by atoms with Gasteiger partial charge in [-0.25, -0.2) is 4.39 Å². The molecule has 0 N–H and O–H groups in total. The molecule has 2 aromatic rings. The Morgan fingerprint density at radius 3 is 2.32 bits per heavy atom. The van der Waals surface area contributed by atoms with Crippen LogP contribution in [0.2, 0.25) is 0 Å². The average molecular weight is 297 g/mol. The van der Waals surface area contributed by atoms with Crippen LogP contribution in [0.5, 0.6) is 0 Å². The van der Waals surface area contributed by atoms with Gasteiger partial charge in [-0.05, 0) is 36.0 Å². The van der Waals surface area contributed by atoms with E-state index in [1.165, 1.54) is 11.6 Å². The summed E-state index contributed by atoms with van der Waals surface area (Å²) in [7, 11) is 0. The van der Waals surface area contributed by atoms with Gasteiger partial charge in [0.15, 0.2) is 0 Å². The molecule has 1 heterocycles. The normalized spacial score (nSPS) is 15.8. The summed E-state index contributed by atoms with van der Waals surface area (Å²) in [6.07, 6.45) is 2.11. The van der Waals surface area contributed by atoms with Gasteiger partial charge in [0.2, 0.25) is 5.91 Å². The van der Waals surface area contributed by atoms with E-state index >= 15 is 0 Å². The van der Waals surface area contributed by atoms with E-state index in [1.54, 1.807) is 18.2 Å². The van der Waals surface area contributed by atoms with Crippen LogP contribution in [0.15, 0.2) is 54.6 Å². The van der Waals surface area contributed by atoms with Crippen molar-refractivity contribution in [2.75, 3.05) is 13.1 Å². The van der Waals surface area contributed by atoms with Crippen molar-refractivity contribution >= 4 is 5.91 Å².